The molecule has 0 nitrogen and oxygen atoms in total. The Hall–Kier alpha value is -0.780. The van der Waals surface area contributed by atoms with Crippen molar-refractivity contribution in [2.45, 2.75) is 129 Å². The fourth-order valence-electron chi connectivity index (χ4n) is 4.46. The zero-order valence-corrected chi connectivity index (χ0v) is 18.8. The smallest absolute Gasteiger partial charge is 0.0285 e. The molecule has 27 heavy (non-hydrogen) atoms. The summed E-state index contributed by atoms with van der Waals surface area (Å²) in [6, 6.07) is 0. The third-order valence-electron chi connectivity index (χ3n) is 6.21. The summed E-state index contributed by atoms with van der Waals surface area (Å²) >= 11 is 0. The van der Waals surface area contributed by atoms with Crippen molar-refractivity contribution in [3.05, 3.63) is 36.0 Å². The summed E-state index contributed by atoms with van der Waals surface area (Å²) in [4.78, 5) is 0. The molecule has 0 amide bonds. The van der Waals surface area contributed by atoms with E-state index in [0.29, 0.717) is 0 Å². The molecule has 0 aliphatic heterocycles. The first-order chi connectivity index (χ1) is 13.1. The van der Waals surface area contributed by atoms with Gasteiger partial charge in [-0.05, 0) is 57.8 Å². The maximum atomic E-state index is 4.39. The van der Waals surface area contributed by atoms with E-state index in [-0.39, 0.29) is 0 Å². The van der Waals surface area contributed by atoms with E-state index in [2.05, 4.69) is 33.1 Å². The van der Waals surface area contributed by atoms with Crippen LogP contribution < -0.4 is 0 Å². The number of rotatable bonds is 5. The van der Waals surface area contributed by atoms with Gasteiger partial charge in [-0.2, -0.15) is 0 Å². The molecule has 0 bridgehead atoms. The van der Waals surface area contributed by atoms with Crippen molar-refractivity contribution < 1.29 is 0 Å². The molecular formula is C27H48. The summed E-state index contributed by atoms with van der Waals surface area (Å²) in [6.07, 6.45) is 26.8. The molecule has 156 valence electrons. The van der Waals surface area contributed by atoms with E-state index in [9.17, 15) is 0 Å². The second kappa shape index (κ2) is 16.2. The van der Waals surface area contributed by atoms with E-state index in [1.165, 1.54) is 132 Å². The average Bonchev–Trinajstić information content (AvgIpc) is 2.63. The van der Waals surface area contributed by atoms with Crippen LogP contribution in [0.4, 0.5) is 0 Å². The summed E-state index contributed by atoms with van der Waals surface area (Å²) in [6.45, 7) is 13.2. The van der Waals surface area contributed by atoms with E-state index < -0.39 is 0 Å². The van der Waals surface area contributed by atoms with Crippen LogP contribution in [0.15, 0.2) is 36.0 Å². The van der Waals surface area contributed by atoms with Gasteiger partial charge < -0.3 is 0 Å². The van der Waals surface area contributed by atoms with Crippen molar-refractivity contribution in [1.82, 2.24) is 0 Å². The minimum atomic E-state index is 0.901. The number of unbranched alkanes of at least 4 members (excludes halogenated alkanes) is 1. The molecular weight excluding hydrogens is 324 g/mol. The summed E-state index contributed by atoms with van der Waals surface area (Å²) in [5, 5.41) is 0. The predicted octanol–water partition coefficient (Wildman–Crippen LogP) is 9.72. The molecule has 1 aliphatic rings. The van der Waals surface area contributed by atoms with Crippen LogP contribution in [0.3, 0.4) is 0 Å². The molecule has 1 atom stereocenters. The minimum Gasteiger partial charge on any atom is -0.0999 e. The van der Waals surface area contributed by atoms with E-state index >= 15 is 0 Å². The van der Waals surface area contributed by atoms with Crippen molar-refractivity contribution in [2.75, 3.05) is 0 Å². The lowest BCUT2D eigenvalue weighted by molar-refractivity contribution is 0.396. The fraction of sp³-hybridized carbons (Fsp3) is 0.778. The van der Waals surface area contributed by atoms with Gasteiger partial charge >= 0.3 is 0 Å². The maximum Gasteiger partial charge on any atom is -0.0285 e. The lowest BCUT2D eigenvalue weighted by Gasteiger charge is -2.18. The minimum absolute atomic E-state index is 0.901. The molecule has 0 N–H and O–H groups in total. The van der Waals surface area contributed by atoms with Crippen LogP contribution in [-0.2, 0) is 0 Å². The zero-order valence-electron chi connectivity index (χ0n) is 18.8. The highest BCUT2D eigenvalue weighted by molar-refractivity contribution is 5.19. The molecule has 0 saturated carbocycles. The third-order valence-corrected chi connectivity index (χ3v) is 6.21. The molecule has 0 heteroatoms. The quantitative estimate of drug-likeness (QED) is 0.421. The molecule has 0 aromatic heterocycles. The summed E-state index contributed by atoms with van der Waals surface area (Å²) in [5.74, 6) is 0.901. The highest BCUT2D eigenvalue weighted by atomic mass is 14.2. The van der Waals surface area contributed by atoms with E-state index in [1.807, 2.05) is 0 Å². The molecule has 1 unspecified atom stereocenters. The second-order valence-corrected chi connectivity index (χ2v) is 9.19. The standard InChI is InChI=1S/C27H48/c1-5-6-17-26(4)23-27-20-15-11-7-9-13-18-24(2)22-25(3)19-14-10-8-12-16-21-27/h22,27H,2,4-21,23H2,1,3H3/b25-22-. The predicted molar refractivity (Wildman–Crippen MR) is 124 cm³/mol. The van der Waals surface area contributed by atoms with Crippen molar-refractivity contribution in [3.63, 3.8) is 0 Å². The summed E-state index contributed by atoms with van der Waals surface area (Å²) in [7, 11) is 0. The van der Waals surface area contributed by atoms with Gasteiger partial charge in [-0.15, -0.1) is 0 Å². The summed E-state index contributed by atoms with van der Waals surface area (Å²) < 4.78 is 0. The molecule has 0 radical (unpaired) electrons. The highest BCUT2D eigenvalue weighted by Crippen LogP contribution is 2.27. The zero-order chi connectivity index (χ0) is 19.7. The van der Waals surface area contributed by atoms with Gasteiger partial charge in [-0.1, -0.05) is 114 Å². The first-order valence-electron chi connectivity index (χ1n) is 12.1. The number of hydrogen-bond acceptors (Lipinski definition) is 0. The fourth-order valence-corrected chi connectivity index (χ4v) is 4.46. The van der Waals surface area contributed by atoms with Gasteiger partial charge in [0.2, 0.25) is 0 Å². The molecule has 0 spiro atoms. The van der Waals surface area contributed by atoms with Crippen LogP contribution >= 0.6 is 0 Å². The van der Waals surface area contributed by atoms with E-state index in [4.69, 9.17) is 0 Å². The lowest BCUT2D eigenvalue weighted by Crippen LogP contribution is -2.03. The van der Waals surface area contributed by atoms with Crippen LogP contribution in [0.25, 0.3) is 0 Å². The highest BCUT2D eigenvalue weighted by Gasteiger charge is 2.10. The first kappa shape index (κ1) is 24.3. The Morgan fingerprint density at radius 2 is 1.44 bits per heavy atom. The monoisotopic (exact) mass is 372 g/mol. The Labute approximate surface area is 171 Å². The van der Waals surface area contributed by atoms with Crippen LogP contribution in [0.1, 0.15) is 129 Å². The second-order valence-electron chi connectivity index (χ2n) is 9.19. The molecule has 0 saturated heterocycles. The van der Waals surface area contributed by atoms with Gasteiger partial charge in [-0.3, -0.25) is 0 Å². The Morgan fingerprint density at radius 1 is 0.889 bits per heavy atom. The molecule has 0 fully saturated rings. The van der Waals surface area contributed by atoms with Gasteiger partial charge in [0.15, 0.2) is 0 Å². The van der Waals surface area contributed by atoms with E-state index in [0.717, 1.165) is 5.92 Å². The Balaban J connectivity index is 2.44. The third kappa shape index (κ3) is 14.0. The van der Waals surface area contributed by atoms with E-state index in [1.54, 1.807) is 0 Å². The number of hydrogen-bond donors (Lipinski definition) is 0. The molecule has 0 heterocycles. The molecule has 0 aromatic carbocycles. The van der Waals surface area contributed by atoms with Crippen molar-refractivity contribution in [3.8, 4) is 0 Å². The van der Waals surface area contributed by atoms with Crippen LogP contribution in [0.2, 0.25) is 0 Å². The van der Waals surface area contributed by atoms with Crippen molar-refractivity contribution in [1.29, 1.82) is 0 Å². The van der Waals surface area contributed by atoms with Gasteiger partial charge in [0.1, 0.15) is 0 Å². The first-order valence-corrected chi connectivity index (χ1v) is 12.1. The van der Waals surface area contributed by atoms with Gasteiger partial charge in [0, 0.05) is 0 Å². The molecule has 0 aromatic rings. The van der Waals surface area contributed by atoms with Crippen molar-refractivity contribution in [2.24, 2.45) is 5.92 Å². The molecule has 1 rings (SSSR count). The molecule has 1 aliphatic carbocycles. The van der Waals surface area contributed by atoms with Gasteiger partial charge in [-0.25, -0.2) is 0 Å². The normalized spacial score (nSPS) is 24.4. The topological polar surface area (TPSA) is 0 Å². The van der Waals surface area contributed by atoms with Crippen molar-refractivity contribution >= 4 is 0 Å². The lowest BCUT2D eigenvalue weighted by atomic mass is 9.87. The Morgan fingerprint density at radius 3 is 2.07 bits per heavy atom. The Kier molecular flexibility index (Phi) is 14.6. The number of allylic oxidation sites excluding steroid dienone is 4. The largest absolute Gasteiger partial charge is 0.0999 e. The Bertz CT molecular complexity index is 425. The SMILES string of the molecule is C=C1/C=C(/C)CCCCCCCC(CC(=C)CCCC)CCCCCCC1. The maximum absolute atomic E-state index is 4.39. The van der Waals surface area contributed by atoms with Crippen LogP contribution in [0.5, 0.6) is 0 Å². The van der Waals surface area contributed by atoms with Gasteiger partial charge in [0.25, 0.3) is 0 Å². The average molecular weight is 373 g/mol. The van der Waals surface area contributed by atoms with Gasteiger partial charge in [0.05, 0.1) is 0 Å². The van der Waals surface area contributed by atoms with Crippen LogP contribution in [-0.4, -0.2) is 0 Å². The van der Waals surface area contributed by atoms with Crippen LogP contribution in [0, 0.1) is 5.92 Å². The summed E-state index contributed by atoms with van der Waals surface area (Å²) in [5.41, 5.74) is 4.40.